The fourth-order valence-corrected chi connectivity index (χ4v) is 1.35. The first kappa shape index (κ1) is 10.4. The van der Waals surface area contributed by atoms with Gasteiger partial charge in [-0.3, -0.25) is 0 Å². The summed E-state index contributed by atoms with van der Waals surface area (Å²) in [5.74, 6) is 0. The zero-order valence-corrected chi connectivity index (χ0v) is 8.96. The molecule has 1 aromatic carbocycles. The molecule has 16 heavy (non-hydrogen) atoms. The second-order valence-corrected chi connectivity index (χ2v) is 3.45. The van der Waals surface area contributed by atoms with E-state index in [2.05, 4.69) is 4.98 Å². The summed E-state index contributed by atoms with van der Waals surface area (Å²) in [4.78, 5) is 15.3. The lowest BCUT2D eigenvalue weighted by Gasteiger charge is -2.06. The van der Waals surface area contributed by atoms with Gasteiger partial charge in [0.05, 0.1) is 0 Å². The maximum absolute atomic E-state index is 11.5. The molecule has 0 aliphatic carbocycles. The zero-order valence-electron chi connectivity index (χ0n) is 8.96. The Labute approximate surface area is 93.5 Å². The maximum Gasteiger partial charge on any atom is 0.419 e. The average Bonchev–Trinajstić information content (AvgIpc) is 2.81. The van der Waals surface area contributed by atoms with E-state index in [0.717, 1.165) is 11.1 Å². The molecule has 0 radical (unpaired) electrons. The molecule has 0 N–H and O–H groups in total. The molecule has 1 aromatic heterocycles. The summed E-state index contributed by atoms with van der Waals surface area (Å²) in [6.07, 6.45) is 4.09. The summed E-state index contributed by atoms with van der Waals surface area (Å²) in [5, 5.41) is 0. The van der Waals surface area contributed by atoms with Gasteiger partial charge in [0.1, 0.15) is 12.9 Å². The average molecular weight is 216 g/mol. The van der Waals surface area contributed by atoms with Gasteiger partial charge < -0.3 is 4.74 Å². The molecule has 0 amide bonds. The second-order valence-electron chi connectivity index (χ2n) is 3.45. The van der Waals surface area contributed by atoms with Crippen LogP contribution in [-0.2, 0) is 11.3 Å². The molecule has 0 aliphatic rings. The van der Waals surface area contributed by atoms with Crippen molar-refractivity contribution in [1.82, 2.24) is 9.55 Å². The number of ether oxygens (including phenoxy) is 1. The van der Waals surface area contributed by atoms with Crippen molar-refractivity contribution >= 4 is 6.09 Å². The molecule has 2 rings (SSSR count). The fraction of sp³-hybridized carbons (Fsp3) is 0.167. The number of hydrogen-bond acceptors (Lipinski definition) is 3. The van der Waals surface area contributed by atoms with Crippen molar-refractivity contribution < 1.29 is 9.53 Å². The minimum absolute atomic E-state index is 0.281. The van der Waals surface area contributed by atoms with Gasteiger partial charge in [-0.15, -0.1) is 0 Å². The first-order valence-corrected chi connectivity index (χ1v) is 4.97. The summed E-state index contributed by atoms with van der Waals surface area (Å²) in [6.45, 7) is 2.27. The highest BCUT2D eigenvalue weighted by atomic mass is 16.5. The van der Waals surface area contributed by atoms with Gasteiger partial charge in [-0.1, -0.05) is 24.3 Å². The quantitative estimate of drug-likeness (QED) is 0.774. The Balaban J connectivity index is 1.98. The predicted molar refractivity (Wildman–Crippen MR) is 59.0 cm³/mol. The second kappa shape index (κ2) is 4.61. The zero-order chi connectivity index (χ0) is 11.4. The van der Waals surface area contributed by atoms with Crippen molar-refractivity contribution in [2.24, 2.45) is 0 Å². The molecule has 0 atom stereocenters. The molecule has 4 heteroatoms. The number of benzene rings is 1. The molecule has 2 aromatic rings. The molecule has 1 heterocycles. The largest absolute Gasteiger partial charge is 0.444 e. The molecule has 0 fully saturated rings. The number of imidazole rings is 1. The van der Waals surface area contributed by atoms with Crippen molar-refractivity contribution in [2.75, 3.05) is 0 Å². The van der Waals surface area contributed by atoms with E-state index in [1.165, 1.54) is 17.1 Å². The minimum atomic E-state index is -0.416. The van der Waals surface area contributed by atoms with E-state index >= 15 is 0 Å². The van der Waals surface area contributed by atoms with Crippen molar-refractivity contribution in [3.63, 3.8) is 0 Å². The number of hydrogen-bond donors (Lipinski definition) is 0. The Hall–Kier alpha value is -2.10. The lowest BCUT2D eigenvalue weighted by Crippen LogP contribution is -2.11. The van der Waals surface area contributed by atoms with Crippen LogP contribution >= 0.6 is 0 Å². The third-order valence-corrected chi connectivity index (χ3v) is 2.33. The van der Waals surface area contributed by atoms with Gasteiger partial charge in [0.15, 0.2) is 0 Å². The van der Waals surface area contributed by atoms with Crippen LogP contribution in [0.2, 0.25) is 0 Å². The van der Waals surface area contributed by atoms with Crippen LogP contribution in [0.15, 0.2) is 43.0 Å². The van der Waals surface area contributed by atoms with Crippen LogP contribution < -0.4 is 0 Å². The van der Waals surface area contributed by atoms with Crippen molar-refractivity contribution in [3.8, 4) is 0 Å². The Morgan fingerprint density at radius 2 is 2.25 bits per heavy atom. The predicted octanol–water partition coefficient (Wildman–Crippen LogP) is 2.38. The summed E-state index contributed by atoms with van der Waals surface area (Å²) in [6, 6.07) is 7.81. The fourth-order valence-electron chi connectivity index (χ4n) is 1.35. The van der Waals surface area contributed by atoms with Crippen LogP contribution in [0.4, 0.5) is 4.79 Å². The van der Waals surface area contributed by atoms with Crippen LogP contribution in [0.25, 0.3) is 0 Å². The number of nitrogens with zero attached hydrogens (tertiary/aromatic N) is 2. The number of rotatable bonds is 2. The molecule has 0 spiro atoms. The molecule has 0 saturated carbocycles. The molecular weight excluding hydrogens is 204 g/mol. The smallest absolute Gasteiger partial charge is 0.419 e. The highest BCUT2D eigenvalue weighted by Gasteiger charge is 2.05. The number of aryl methyl sites for hydroxylation is 1. The topological polar surface area (TPSA) is 44.1 Å². The van der Waals surface area contributed by atoms with Crippen LogP contribution in [0.3, 0.4) is 0 Å². The van der Waals surface area contributed by atoms with E-state index in [4.69, 9.17) is 4.74 Å². The van der Waals surface area contributed by atoms with Gasteiger partial charge in [-0.2, -0.15) is 0 Å². The lowest BCUT2D eigenvalue weighted by atomic mass is 10.1. The van der Waals surface area contributed by atoms with E-state index in [0.29, 0.717) is 0 Å². The van der Waals surface area contributed by atoms with Crippen LogP contribution in [0, 0.1) is 6.92 Å². The van der Waals surface area contributed by atoms with Crippen LogP contribution in [0.5, 0.6) is 0 Å². The number of aromatic nitrogens is 2. The third kappa shape index (κ3) is 2.28. The van der Waals surface area contributed by atoms with E-state index < -0.39 is 6.09 Å². The first-order chi connectivity index (χ1) is 7.77. The molecule has 0 aliphatic heterocycles. The molecule has 0 unspecified atom stereocenters. The summed E-state index contributed by atoms with van der Waals surface area (Å²) >= 11 is 0. The Morgan fingerprint density at radius 3 is 2.94 bits per heavy atom. The standard InChI is InChI=1S/C12H12N2O2/c1-10-4-2-3-5-11(10)8-16-12(15)14-7-6-13-9-14/h2-7,9H,8H2,1H3. The van der Waals surface area contributed by atoms with Crippen LogP contribution in [-0.4, -0.2) is 15.6 Å². The normalized spacial score (nSPS) is 10.1. The SMILES string of the molecule is Cc1ccccc1COC(=O)n1ccnc1. The van der Waals surface area contributed by atoms with Crippen molar-refractivity contribution in [3.05, 3.63) is 54.1 Å². The van der Waals surface area contributed by atoms with E-state index in [9.17, 15) is 4.79 Å². The maximum atomic E-state index is 11.5. The molecule has 4 nitrogen and oxygen atoms in total. The molecule has 0 saturated heterocycles. The number of carbonyl (C=O) groups excluding carboxylic acids is 1. The Bertz CT molecular complexity index is 478. The van der Waals surface area contributed by atoms with E-state index in [1.807, 2.05) is 31.2 Å². The summed E-state index contributed by atoms with van der Waals surface area (Å²) < 4.78 is 6.44. The van der Waals surface area contributed by atoms with Gasteiger partial charge in [-0.25, -0.2) is 14.3 Å². The molecular formula is C12H12N2O2. The minimum Gasteiger partial charge on any atom is -0.444 e. The highest BCUT2D eigenvalue weighted by Crippen LogP contribution is 2.08. The summed E-state index contributed by atoms with van der Waals surface area (Å²) in [7, 11) is 0. The number of carbonyl (C=O) groups is 1. The van der Waals surface area contributed by atoms with Gasteiger partial charge in [0.2, 0.25) is 0 Å². The van der Waals surface area contributed by atoms with Gasteiger partial charge in [0, 0.05) is 12.4 Å². The van der Waals surface area contributed by atoms with Crippen molar-refractivity contribution in [2.45, 2.75) is 13.5 Å². The lowest BCUT2D eigenvalue weighted by molar-refractivity contribution is 0.141. The summed E-state index contributed by atoms with van der Waals surface area (Å²) in [5.41, 5.74) is 2.12. The van der Waals surface area contributed by atoms with Crippen molar-refractivity contribution in [1.29, 1.82) is 0 Å². The van der Waals surface area contributed by atoms with Gasteiger partial charge >= 0.3 is 6.09 Å². The molecule has 82 valence electrons. The molecule has 0 bridgehead atoms. The Morgan fingerprint density at radius 1 is 1.44 bits per heavy atom. The van der Waals surface area contributed by atoms with Crippen LogP contribution in [0.1, 0.15) is 11.1 Å². The van der Waals surface area contributed by atoms with E-state index in [-0.39, 0.29) is 6.61 Å². The van der Waals surface area contributed by atoms with Gasteiger partial charge in [-0.05, 0) is 18.1 Å². The third-order valence-electron chi connectivity index (χ3n) is 2.33. The van der Waals surface area contributed by atoms with E-state index in [1.54, 1.807) is 6.20 Å². The van der Waals surface area contributed by atoms with Gasteiger partial charge in [0.25, 0.3) is 0 Å². The highest BCUT2D eigenvalue weighted by molar-refractivity contribution is 5.69. The Kier molecular flexibility index (Phi) is 3.00. The monoisotopic (exact) mass is 216 g/mol. The first-order valence-electron chi connectivity index (χ1n) is 4.97.